The Labute approximate surface area is 222 Å². The van der Waals surface area contributed by atoms with Crippen molar-refractivity contribution < 1.29 is 9.47 Å². The number of rotatable bonds is 2. The van der Waals surface area contributed by atoms with Crippen LogP contribution in [0.25, 0.3) is 11.1 Å². The second-order valence-corrected chi connectivity index (χ2v) is 10.2. The molecule has 0 aromatic heterocycles. The molecule has 1 N–H and O–H groups in total. The van der Waals surface area contributed by atoms with Gasteiger partial charge in [-0.1, -0.05) is 103 Å². The molecule has 4 nitrogen and oxygen atoms in total. The third-order valence-electron chi connectivity index (χ3n) is 8.20. The highest BCUT2D eigenvalue weighted by molar-refractivity contribution is 5.88. The highest BCUT2D eigenvalue weighted by atomic mass is 16.6. The van der Waals surface area contributed by atoms with E-state index in [9.17, 15) is 0 Å². The lowest BCUT2D eigenvalue weighted by Gasteiger charge is -2.39. The van der Waals surface area contributed by atoms with Crippen molar-refractivity contribution in [3.05, 3.63) is 155 Å². The van der Waals surface area contributed by atoms with E-state index < -0.39 is 5.41 Å². The minimum Gasteiger partial charge on any atom is -0.457 e. The summed E-state index contributed by atoms with van der Waals surface area (Å²) in [5, 5.41) is 2.06. The molecule has 5 aromatic rings. The third kappa shape index (κ3) is 2.91. The first-order valence-corrected chi connectivity index (χ1v) is 13.1. The number of nitrogens with zero attached hydrogens (tertiary/aromatic N) is 1. The van der Waals surface area contributed by atoms with E-state index in [0.29, 0.717) is 0 Å². The summed E-state index contributed by atoms with van der Waals surface area (Å²) in [7, 11) is 2.04. The molecule has 2 atom stereocenters. The van der Waals surface area contributed by atoms with Crippen LogP contribution in [0.4, 0.5) is 0 Å². The molecule has 0 radical (unpaired) electrons. The summed E-state index contributed by atoms with van der Waals surface area (Å²) < 4.78 is 13.1. The fourth-order valence-corrected chi connectivity index (χ4v) is 6.61. The van der Waals surface area contributed by atoms with E-state index in [1.54, 1.807) is 0 Å². The molecule has 1 aliphatic carbocycles. The number of benzene rings is 5. The van der Waals surface area contributed by atoms with Gasteiger partial charge in [-0.25, -0.2) is 10.4 Å². The molecule has 2 unspecified atom stereocenters. The van der Waals surface area contributed by atoms with Gasteiger partial charge in [0.05, 0.1) is 5.41 Å². The molecule has 0 bridgehead atoms. The van der Waals surface area contributed by atoms with Crippen LogP contribution in [0.15, 0.2) is 121 Å². The van der Waals surface area contributed by atoms with Crippen molar-refractivity contribution in [2.24, 2.45) is 0 Å². The molecular formula is C34H26N2O2. The van der Waals surface area contributed by atoms with Gasteiger partial charge < -0.3 is 9.47 Å². The first-order chi connectivity index (χ1) is 18.7. The molecule has 1 saturated heterocycles. The molecule has 2 heterocycles. The third-order valence-corrected chi connectivity index (χ3v) is 8.20. The Bertz CT molecular complexity index is 1650. The van der Waals surface area contributed by atoms with Crippen LogP contribution >= 0.6 is 0 Å². The van der Waals surface area contributed by atoms with Crippen molar-refractivity contribution >= 4 is 0 Å². The van der Waals surface area contributed by atoms with Crippen LogP contribution in [0, 0.1) is 0 Å². The van der Waals surface area contributed by atoms with Crippen LogP contribution < -0.4 is 10.2 Å². The number of hydrazine groups is 1. The number of para-hydroxylation sites is 1. The van der Waals surface area contributed by atoms with Crippen molar-refractivity contribution in [1.29, 1.82) is 0 Å². The second-order valence-electron chi connectivity index (χ2n) is 10.2. The summed E-state index contributed by atoms with van der Waals surface area (Å²) in [5.41, 5.74) is 12.6. The zero-order chi connectivity index (χ0) is 25.3. The van der Waals surface area contributed by atoms with Crippen molar-refractivity contribution in [2.45, 2.75) is 17.9 Å². The maximum atomic E-state index is 6.57. The fraction of sp³-hybridized carbons (Fsp3) is 0.118. The smallest absolute Gasteiger partial charge is 0.151 e. The van der Waals surface area contributed by atoms with E-state index in [1.165, 1.54) is 27.8 Å². The van der Waals surface area contributed by atoms with Crippen LogP contribution in [0.5, 0.6) is 11.5 Å². The first-order valence-electron chi connectivity index (χ1n) is 13.1. The first kappa shape index (κ1) is 21.8. The largest absolute Gasteiger partial charge is 0.457 e. The molecule has 5 aromatic carbocycles. The Morgan fingerprint density at radius 1 is 0.605 bits per heavy atom. The van der Waals surface area contributed by atoms with E-state index in [2.05, 4.69) is 114 Å². The van der Waals surface area contributed by atoms with Gasteiger partial charge in [0, 0.05) is 18.2 Å². The minimum absolute atomic E-state index is 0.207. The molecule has 4 heteroatoms. The molecule has 0 saturated carbocycles. The van der Waals surface area contributed by atoms with Gasteiger partial charge in [-0.2, -0.15) is 0 Å². The van der Waals surface area contributed by atoms with Crippen LogP contribution in [0.1, 0.15) is 45.8 Å². The summed E-state index contributed by atoms with van der Waals surface area (Å²) in [6.07, 6.45) is -0.451. The quantitative estimate of drug-likeness (QED) is 0.273. The van der Waals surface area contributed by atoms with Crippen molar-refractivity contribution in [3.8, 4) is 22.6 Å². The molecule has 1 fully saturated rings. The zero-order valence-corrected chi connectivity index (χ0v) is 21.0. The Kier molecular flexibility index (Phi) is 4.67. The monoisotopic (exact) mass is 494 g/mol. The summed E-state index contributed by atoms with van der Waals surface area (Å²) >= 11 is 0. The molecule has 3 aliphatic rings. The Morgan fingerprint density at radius 2 is 1.21 bits per heavy atom. The average molecular weight is 495 g/mol. The van der Waals surface area contributed by atoms with Crippen molar-refractivity contribution in [1.82, 2.24) is 10.4 Å². The predicted octanol–water partition coefficient (Wildman–Crippen LogP) is 7.32. The summed E-state index contributed by atoms with van der Waals surface area (Å²) in [4.78, 5) is 0. The van der Waals surface area contributed by atoms with Crippen LogP contribution in [0.3, 0.4) is 0 Å². The Morgan fingerprint density at radius 3 is 1.95 bits per heavy atom. The second kappa shape index (κ2) is 8.14. The highest BCUT2D eigenvalue weighted by Crippen LogP contribution is 2.62. The van der Waals surface area contributed by atoms with Gasteiger partial charge in [0.2, 0.25) is 0 Å². The maximum Gasteiger partial charge on any atom is 0.151 e. The number of ether oxygens (including phenoxy) is 2. The lowest BCUT2D eigenvalue weighted by atomic mass is 9.66. The lowest BCUT2D eigenvalue weighted by Crippen LogP contribution is -2.33. The van der Waals surface area contributed by atoms with Gasteiger partial charge >= 0.3 is 0 Å². The molecule has 1 spiro atoms. The molecule has 0 amide bonds. The van der Waals surface area contributed by atoms with Gasteiger partial charge in [0.15, 0.2) is 6.23 Å². The fourth-order valence-electron chi connectivity index (χ4n) is 6.61. The van der Waals surface area contributed by atoms with E-state index in [1.807, 2.05) is 25.2 Å². The standard InChI is InChI=1S/C34H26N2O2/c1-36-33(38-32(35-36)22-11-3-2-4-12-22)23-19-20-31-29(21-23)34(28-17-9-10-18-30(28)37-31)26-15-7-5-13-24(26)25-14-6-8-16-27(25)34/h2-21,32-33,35H,1H3. The minimum atomic E-state index is -0.475. The molecule has 184 valence electrons. The number of hydrogen-bond acceptors (Lipinski definition) is 4. The normalized spacial score (nSPS) is 20.3. The van der Waals surface area contributed by atoms with Crippen LogP contribution in [-0.4, -0.2) is 12.1 Å². The summed E-state index contributed by atoms with van der Waals surface area (Å²) in [6.45, 7) is 0. The van der Waals surface area contributed by atoms with Crippen molar-refractivity contribution in [2.75, 3.05) is 7.05 Å². The topological polar surface area (TPSA) is 33.7 Å². The van der Waals surface area contributed by atoms with Crippen molar-refractivity contribution in [3.63, 3.8) is 0 Å². The van der Waals surface area contributed by atoms with E-state index in [-0.39, 0.29) is 12.5 Å². The zero-order valence-electron chi connectivity index (χ0n) is 21.0. The van der Waals surface area contributed by atoms with Gasteiger partial charge in [0.25, 0.3) is 0 Å². The molecular weight excluding hydrogens is 468 g/mol. The SMILES string of the molecule is CN1NC(c2ccccc2)OC1c1ccc2c(c1)C1(c3ccccc3O2)c2ccccc2-c2ccccc21. The van der Waals surface area contributed by atoms with E-state index >= 15 is 0 Å². The summed E-state index contributed by atoms with van der Waals surface area (Å²) in [5.74, 6) is 1.78. The van der Waals surface area contributed by atoms with Gasteiger partial charge in [-0.3, -0.25) is 0 Å². The van der Waals surface area contributed by atoms with Gasteiger partial charge in [-0.15, -0.1) is 0 Å². The number of fused-ring (bicyclic) bond motifs is 9. The maximum absolute atomic E-state index is 6.57. The lowest BCUT2D eigenvalue weighted by molar-refractivity contribution is 0.00549. The van der Waals surface area contributed by atoms with Gasteiger partial charge in [0.1, 0.15) is 17.7 Å². The Hall–Kier alpha value is -4.22. The Balaban J connectivity index is 1.34. The molecule has 38 heavy (non-hydrogen) atoms. The predicted molar refractivity (Wildman–Crippen MR) is 148 cm³/mol. The van der Waals surface area contributed by atoms with Crippen LogP contribution in [-0.2, 0) is 10.2 Å². The molecule has 8 rings (SSSR count). The van der Waals surface area contributed by atoms with Crippen LogP contribution in [0.2, 0.25) is 0 Å². The summed E-state index contributed by atoms with van der Waals surface area (Å²) in [6, 6.07) is 42.9. The average Bonchev–Trinajstić information content (AvgIpc) is 3.51. The molecule has 2 aliphatic heterocycles. The number of nitrogens with one attached hydrogen (secondary N) is 1. The van der Waals surface area contributed by atoms with E-state index in [0.717, 1.165) is 28.2 Å². The van der Waals surface area contributed by atoms with E-state index in [4.69, 9.17) is 9.47 Å². The highest BCUT2D eigenvalue weighted by Gasteiger charge is 2.51. The number of hydrogen-bond donors (Lipinski definition) is 1. The van der Waals surface area contributed by atoms with Gasteiger partial charge in [-0.05, 0) is 51.6 Å².